The normalized spacial score (nSPS) is 16.7. The van der Waals surface area contributed by atoms with Crippen molar-refractivity contribution in [1.29, 1.82) is 0 Å². The zero-order valence-corrected chi connectivity index (χ0v) is 20.3. The molecule has 3 aromatic rings. The van der Waals surface area contributed by atoms with Gasteiger partial charge >= 0.3 is 0 Å². The molecule has 1 unspecified atom stereocenters. The molecule has 7 nitrogen and oxygen atoms in total. The highest BCUT2D eigenvalue weighted by atomic mass is 35.5. The number of rotatable bonds is 8. The molecule has 2 N–H and O–H groups in total. The zero-order chi connectivity index (χ0) is 23.4. The summed E-state index contributed by atoms with van der Waals surface area (Å²) in [7, 11) is -2.62. The van der Waals surface area contributed by atoms with E-state index in [1.807, 2.05) is 6.07 Å². The molecule has 0 spiro atoms. The Morgan fingerprint density at radius 1 is 1.30 bits per heavy atom. The molecular weight excluding hydrogens is 466 g/mol. The van der Waals surface area contributed by atoms with Crippen molar-refractivity contribution in [2.24, 2.45) is 0 Å². The minimum absolute atomic E-state index is 0.0154. The van der Waals surface area contributed by atoms with E-state index in [0.717, 1.165) is 25.9 Å². The number of fused-ring (bicyclic) bond motifs is 1. The molecule has 0 saturated carbocycles. The van der Waals surface area contributed by atoms with Gasteiger partial charge in [-0.25, -0.2) is 14.4 Å². The summed E-state index contributed by atoms with van der Waals surface area (Å²) in [5, 5.41) is 7.87. The van der Waals surface area contributed by atoms with Crippen LogP contribution in [-0.4, -0.2) is 49.3 Å². The lowest BCUT2D eigenvalue weighted by molar-refractivity contribution is 0.0580. The molecule has 0 bridgehead atoms. The third-order valence-corrected chi connectivity index (χ3v) is 7.32. The van der Waals surface area contributed by atoms with Gasteiger partial charge in [0.15, 0.2) is 0 Å². The van der Waals surface area contributed by atoms with Crippen molar-refractivity contribution in [2.45, 2.75) is 25.3 Å². The van der Waals surface area contributed by atoms with Gasteiger partial charge in [0.25, 0.3) is 0 Å². The van der Waals surface area contributed by atoms with E-state index >= 15 is 0 Å². The van der Waals surface area contributed by atoms with Crippen LogP contribution in [0.1, 0.15) is 19.3 Å². The smallest absolute Gasteiger partial charge is 0.141 e. The summed E-state index contributed by atoms with van der Waals surface area (Å²) in [6.07, 6.45) is 4.25. The highest BCUT2D eigenvalue weighted by Crippen LogP contribution is 2.41. The van der Waals surface area contributed by atoms with E-state index in [0.29, 0.717) is 52.8 Å². The van der Waals surface area contributed by atoms with E-state index in [1.165, 1.54) is 18.5 Å². The highest BCUT2D eigenvalue weighted by Gasteiger charge is 2.21. The van der Waals surface area contributed by atoms with E-state index < -0.39 is 13.0 Å². The Hall–Kier alpha value is -2.25. The number of anilines is 2. The van der Waals surface area contributed by atoms with Crippen LogP contribution in [0.2, 0.25) is 5.02 Å². The van der Waals surface area contributed by atoms with Gasteiger partial charge in [-0.3, -0.25) is 5.32 Å². The van der Waals surface area contributed by atoms with Gasteiger partial charge < -0.3 is 19.4 Å². The number of hydrogen-bond acceptors (Lipinski definition) is 7. The fourth-order valence-electron chi connectivity index (χ4n) is 3.75. The number of ether oxygens (including phenoxy) is 2. The first-order chi connectivity index (χ1) is 15.8. The second-order valence-electron chi connectivity index (χ2n) is 8.40. The van der Waals surface area contributed by atoms with Crippen LogP contribution in [0.5, 0.6) is 5.75 Å². The first kappa shape index (κ1) is 23.9. The maximum atomic E-state index is 13.5. The van der Waals surface area contributed by atoms with Crippen molar-refractivity contribution in [3.63, 3.8) is 0 Å². The van der Waals surface area contributed by atoms with Crippen molar-refractivity contribution >= 4 is 46.5 Å². The van der Waals surface area contributed by atoms with Gasteiger partial charge in [0.2, 0.25) is 0 Å². The maximum Gasteiger partial charge on any atom is 0.141 e. The molecule has 1 saturated heterocycles. The van der Waals surface area contributed by atoms with E-state index in [-0.39, 0.29) is 5.02 Å². The van der Waals surface area contributed by atoms with Crippen molar-refractivity contribution in [2.75, 3.05) is 38.6 Å². The van der Waals surface area contributed by atoms with Gasteiger partial charge in [-0.2, -0.15) is 0 Å². The molecular formula is C23H27ClFN4O3P. The maximum absolute atomic E-state index is 13.5. The predicted octanol–water partition coefficient (Wildman–Crippen LogP) is 4.91. The molecule has 1 fully saturated rings. The summed E-state index contributed by atoms with van der Waals surface area (Å²) in [6, 6.07) is 8.41. The van der Waals surface area contributed by atoms with Crippen LogP contribution in [0.4, 0.5) is 15.9 Å². The molecule has 1 aliphatic rings. The summed E-state index contributed by atoms with van der Waals surface area (Å²) in [5.41, 5.74) is 1.23. The molecule has 1 atom stereocenters. The number of hydrogen-bond donors (Lipinski definition) is 2. The number of benzene rings is 2. The number of nitrogens with zero attached hydrogens (tertiary/aromatic N) is 2. The minimum Gasteiger partial charge on any atom is -0.493 e. The van der Waals surface area contributed by atoms with Crippen LogP contribution in [0, 0.1) is 5.82 Å². The fourth-order valence-corrected chi connectivity index (χ4v) is 5.03. The largest absolute Gasteiger partial charge is 0.493 e. The van der Waals surface area contributed by atoms with Crippen LogP contribution < -0.4 is 20.7 Å². The summed E-state index contributed by atoms with van der Waals surface area (Å²) < 4.78 is 38.0. The topological polar surface area (TPSA) is 85.4 Å². The van der Waals surface area contributed by atoms with Gasteiger partial charge in [-0.15, -0.1) is 0 Å². The molecule has 33 heavy (non-hydrogen) atoms. The SMILES string of the molecule is CP(C)(=O)c1cc2ncnc(Nc3ccc(F)c(Cl)c3)c2cc1OCCCC1CCOCN1. The molecule has 0 aliphatic carbocycles. The monoisotopic (exact) mass is 492 g/mol. The van der Waals surface area contributed by atoms with Gasteiger partial charge in [0.05, 0.1) is 29.2 Å². The Balaban J connectivity index is 1.59. The zero-order valence-electron chi connectivity index (χ0n) is 18.6. The van der Waals surface area contributed by atoms with E-state index in [1.54, 1.807) is 25.5 Å². The average Bonchev–Trinajstić information content (AvgIpc) is 2.79. The third kappa shape index (κ3) is 6.01. The summed E-state index contributed by atoms with van der Waals surface area (Å²) >= 11 is 5.91. The first-order valence-corrected chi connectivity index (χ1v) is 13.8. The number of nitrogens with one attached hydrogen (secondary N) is 2. The molecule has 0 amide bonds. The van der Waals surface area contributed by atoms with Crippen molar-refractivity contribution < 1.29 is 18.4 Å². The summed E-state index contributed by atoms with van der Waals surface area (Å²) in [5.74, 6) is 0.589. The van der Waals surface area contributed by atoms with Crippen molar-refractivity contribution in [3.05, 3.63) is 47.5 Å². The Kier molecular flexibility index (Phi) is 7.49. The van der Waals surface area contributed by atoms with Gasteiger partial charge in [0, 0.05) is 23.7 Å². The standard InChI is InChI=1S/C23H27ClFN4O3P/c1-33(2,30)22-12-20-17(11-21(22)32-8-3-4-15-7-9-31-14-28-15)23(27-13-26-20)29-16-5-6-19(25)18(24)10-16/h5-6,10-13,15,28H,3-4,7-9,14H2,1-2H3,(H,26,27,29). The van der Waals surface area contributed by atoms with E-state index in [4.69, 9.17) is 21.1 Å². The second-order valence-corrected chi connectivity index (χ2v) is 12.0. The Bertz CT molecular complexity index is 1180. The molecule has 0 radical (unpaired) electrons. The van der Waals surface area contributed by atoms with E-state index in [2.05, 4.69) is 20.6 Å². The average molecular weight is 493 g/mol. The van der Waals surface area contributed by atoms with Gasteiger partial charge in [0.1, 0.15) is 30.9 Å². The molecule has 2 heterocycles. The predicted molar refractivity (Wildman–Crippen MR) is 130 cm³/mol. The lowest BCUT2D eigenvalue weighted by atomic mass is 10.1. The van der Waals surface area contributed by atoms with Crippen molar-refractivity contribution in [1.82, 2.24) is 15.3 Å². The molecule has 1 aliphatic heterocycles. The lowest BCUT2D eigenvalue weighted by Gasteiger charge is -2.23. The molecule has 1 aromatic heterocycles. The van der Waals surface area contributed by atoms with Crippen LogP contribution in [0.25, 0.3) is 10.9 Å². The summed E-state index contributed by atoms with van der Waals surface area (Å²) in [4.78, 5) is 8.70. The highest BCUT2D eigenvalue weighted by molar-refractivity contribution is 7.70. The van der Waals surface area contributed by atoms with E-state index in [9.17, 15) is 8.96 Å². The Labute approximate surface area is 197 Å². The summed E-state index contributed by atoms with van der Waals surface area (Å²) in [6.45, 7) is 5.30. The third-order valence-electron chi connectivity index (χ3n) is 5.52. The van der Waals surface area contributed by atoms with Crippen LogP contribution in [0.15, 0.2) is 36.7 Å². The van der Waals surface area contributed by atoms with Crippen molar-refractivity contribution in [3.8, 4) is 5.75 Å². The number of halogens is 2. The Morgan fingerprint density at radius 2 is 2.15 bits per heavy atom. The lowest BCUT2D eigenvalue weighted by Crippen LogP contribution is -2.37. The molecule has 10 heteroatoms. The Morgan fingerprint density at radius 3 is 2.88 bits per heavy atom. The van der Waals surface area contributed by atoms with Gasteiger partial charge in [-0.1, -0.05) is 11.6 Å². The fraction of sp³-hybridized carbons (Fsp3) is 0.391. The second kappa shape index (κ2) is 10.3. The molecule has 176 valence electrons. The molecule has 2 aromatic carbocycles. The first-order valence-electron chi connectivity index (χ1n) is 10.8. The number of aromatic nitrogens is 2. The van der Waals surface area contributed by atoms with Gasteiger partial charge in [-0.05, 0) is 62.9 Å². The quantitative estimate of drug-likeness (QED) is 0.341. The minimum atomic E-state index is -2.62. The molecule has 4 rings (SSSR count). The van der Waals surface area contributed by atoms with Crippen LogP contribution in [0.3, 0.4) is 0 Å². The van der Waals surface area contributed by atoms with Crippen LogP contribution >= 0.6 is 18.7 Å². The van der Waals surface area contributed by atoms with Crippen LogP contribution in [-0.2, 0) is 9.30 Å².